The first-order valence-corrected chi connectivity index (χ1v) is 6.70. The molecule has 1 aromatic heterocycles. The quantitative estimate of drug-likeness (QED) is 0.878. The lowest BCUT2D eigenvalue weighted by molar-refractivity contribution is 0.414. The first-order chi connectivity index (χ1) is 8.38. The van der Waals surface area contributed by atoms with Crippen LogP contribution in [-0.2, 0) is 6.42 Å². The highest BCUT2D eigenvalue weighted by Crippen LogP contribution is 2.33. The third-order valence-corrected chi connectivity index (χ3v) is 4.26. The zero-order valence-electron chi connectivity index (χ0n) is 9.77. The van der Waals surface area contributed by atoms with Crippen LogP contribution in [0, 0.1) is 0 Å². The molecular formula is C14H15NOS. The van der Waals surface area contributed by atoms with Crippen molar-refractivity contribution >= 4 is 11.3 Å². The van der Waals surface area contributed by atoms with E-state index in [0.29, 0.717) is 6.04 Å². The Hall–Kier alpha value is -1.32. The molecule has 0 bridgehead atoms. The molecule has 0 amide bonds. The number of thiophene rings is 1. The molecule has 1 unspecified atom stereocenters. The van der Waals surface area contributed by atoms with Crippen LogP contribution in [0.25, 0.3) is 0 Å². The molecular weight excluding hydrogens is 230 g/mol. The van der Waals surface area contributed by atoms with Crippen LogP contribution < -0.4 is 10.1 Å². The van der Waals surface area contributed by atoms with E-state index < -0.39 is 0 Å². The van der Waals surface area contributed by atoms with Gasteiger partial charge in [0, 0.05) is 11.4 Å². The Morgan fingerprint density at radius 2 is 2.06 bits per heavy atom. The van der Waals surface area contributed by atoms with Gasteiger partial charge in [-0.2, -0.15) is 0 Å². The Bertz CT molecular complexity index is 503. The molecule has 0 spiro atoms. The van der Waals surface area contributed by atoms with E-state index >= 15 is 0 Å². The van der Waals surface area contributed by atoms with Crippen molar-refractivity contribution in [3.63, 3.8) is 0 Å². The van der Waals surface area contributed by atoms with Gasteiger partial charge in [0.15, 0.2) is 0 Å². The molecule has 2 heterocycles. The number of hydrogen-bond donors (Lipinski definition) is 1. The van der Waals surface area contributed by atoms with E-state index in [1.807, 2.05) is 23.5 Å². The molecule has 1 aliphatic rings. The van der Waals surface area contributed by atoms with E-state index in [1.165, 1.54) is 16.0 Å². The summed E-state index contributed by atoms with van der Waals surface area (Å²) in [5.41, 5.74) is 2.81. The van der Waals surface area contributed by atoms with Crippen molar-refractivity contribution in [2.45, 2.75) is 12.5 Å². The van der Waals surface area contributed by atoms with E-state index in [-0.39, 0.29) is 0 Å². The Kier molecular flexibility index (Phi) is 2.87. The summed E-state index contributed by atoms with van der Waals surface area (Å²) in [5.74, 6) is 0.913. The minimum atomic E-state index is 0.352. The van der Waals surface area contributed by atoms with Crippen molar-refractivity contribution in [2.24, 2.45) is 0 Å². The summed E-state index contributed by atoms with van der Waals surface area (Å²) in [7, 11) is 1.70. The number of rotatable bonds is 2. The number of fused-ring (bicyclic) bond motifs is 1. The van der Waals surface area contributed by atoms with Crippen molar-refractivity contribution in [1.29, 1.82) is 0 Å². The zero-order chi connectivity index (χ0) is 11.7. The second-order valence-electron chi connectivity index (χ2n) is 4.22. The zero-order valence-corrected chi connectivity index (χ0v) is 10.6. The van der Waals surface area contributed by atoms with Gasteiger partial charge in [-0.05, 0) is 41.1 Å². The summed E-state index contributed by atoms with van der Waals surface area (Å²) in [6, 6.07) is 10.9. The summed E-state index contributed by atoms with van der Waals surface area (Å²) < 4.78 is 5.19. The smallest absolute Gasteiger partial charge is 0.118 e. The predicted molar refractivity (Wildman–Crippen MR) is 70.9 cm³/mol. The molecule has 2 aromatic rings. The summed E-state index contributed by atoms with van der Waals surface area (Å²) in [6.45, 7) is 1.06. The molecule has 0 radical (unpaired) electrons. The van der Waals surface area contributed by atoms with Gasteiger partial charge >= 0.3 is 0 Å². The van der Waals surface area contributed by atoms with Crippen molar-refractivity contribution in [3.8, 4) is 5.75 Å². The summed E-state index contributed by atoms with van der Waals surface area (Å²) >= 11 is 1.84. The predicted octanol–water partition coefficient (Wildman–Crippen LogP) is 2.99. The van der Waals surface area contributed by atoms with Crippen LogP contribution >= 0.6 is 11.3 Å². The van der Waals surface area contributed by atoms with Gasteiger partial charge < -0.3 is 10.1 Å². The van der Waals surface area contributed by atoms with Crippen molar-refractivity contribution in [2.75, 3.05) is 13.7 Å². The number of benzene rings is 1. The molecule has 0 fully saturated rings. The molecule has 0 saturated heterocycles. The fourth-order valence-electron chi connectivity index (χ4n) is 2.32. The largest absolute Gasteiger partial charge is 0.497 e. The standard InChI is InChI=1S/C14H15NOS/c1-16-12-4-2-10(3-5-12)13-14-11(6-8-15-13)7-9-17-14/h2-5,7,9,13,15H,6,8H2,1H3. The van der Waals surface area contributed by atoms with Crippen molar-refractivity contribution in [3.05, 3.63) is 51.7 Å². The minimum Gasteiger partial charge on any atom is -0.497 e. The normalized spacial score (nSPS) is 18.8. The van der Waals surface area contributed by atoms with Crippen LogP contribution in [0.3, 0.4) is 0 Å². The Balaban J connectivity index is 1.95. The van der Waals surface area contributed by atoms with E-state index in [4.69, 9.17) is 4.74 Å². The average molecular weight is 245 g/mol. The maximum absolute atomic E-state index is 5.19. The molecule has 3 heteroatoms. The molecule has 0 saturated carbocycles. The van der Waals surface area contributed by atoms with Crippen LogP contribution in [-0.4, -0.2) is 13.7 Å². The lowest BCUT2D eigenvalue weighted by Gasteiger charge is -2.24. The topological polar surface area (TPSA) is 21.3 Å². The van der Waals surface area contributed by atoms with Gasteiger partial charge in [0.25, 0.3) is 0 Å². The highest BCUT2D eigenvalue weighted by atomic mass is 32.1. The molecule has 1 aliphatic heterocycles. The van der Waals surface area contributed by atoms with Crippen LogP contribution in [0.2, 0.25) is 0 Å². The number of hydrogen-bond acceptors (Lipinski definition) is 3. The van der Waals surface area contributed by atoms with Gasteiger partial charge in [0.1, 0.15) is 5.75 Å². The maximum Gasteiger partial charge on any atom is 0.118 e. The molecule has 1 atom stereocenters. The third-order valence-electron chi connectivity index (χ3n) is 3.23. The number of methoxy groups -OCH3 is 1. The van der Waals surface area contributed by atoms with Gasteiger partial charge in [-0.3, -0.25) is 0 Å². The summed E-state index contributed by atoms with van der Waals surface area (Å²) in [4.78, 5) is 1.46. The second kappa shape index (κ2) is 4.51. The molecule has 0 aliphatic carbocycles. The summed E-state index contributed by atoms with van der Waals surface area (Å²) in [6.07, 6.45) is 1.14. The number of nitrogens with one attached hydrogen (secondary N) is 1. The molecule has 1 aromatic carbocycles. The van der Waals surface area contributed by atoms with E-state index in [9.17, 15) is 0 Å². The van der Waals surface area contributed by atoms with Crippen LogP contribution in [0.15, 0.2) is 35.7 Å². The van der Waals surface area contributed by atoms with Gasteiger partial charge in [-0.1, -0.05) is 12.1 Å². The lowest BCUT2D eigenvalue weighted by Crippen LogP contribution is -2.29. The number of ether oxygens (including phenoxy) is 1. The fraction of sp³-hybridized carbons (Fsp3) is 0.286. The van der Waals surface area contributed by atoms with E-state index in [0.717, 1.165) is 18.7 Å². The molecule has 3 rings (SSSR count). The van der Waals surface area contributed by atoms with Crippen LogP contribution in [0.4, 0.5) is 0 Å². The third kappa shape index (κ3) is 1.96. The Morgan fingerprint density at radius 3 is 2.82 bits per heavy atom. The lowest BCUT2D eigenvalue weighted by atomic mass is 9.98. The van der Waals surface area contributed by atoms with Crippen LogP contribution in [0.5, 0.6) is 5.75 Å². The van der Waals surface area contributed by atoms with Gasteiger partial charge in [0.05, 0.1) is 13.2 Å². The van der Waals surface area contributed by atoms with Gasteiger partial charge in [-0.15, -0.1) is 11.3 Å². The summed E-state index contributed by atoms with van der Waals surface area (Å²) in [5, 5.41) is 5.77. The molecule has 2 nitrogen and oxygen atoms in total. The highest BCUT2D eigenvalue weighted by molar-refractivity contribution is 7.10. The Labute approximate surface area is 105 Å². The Morgan fingerprint density at radius 1 is 1.24 bits per heavy atom. The molecule has 88 valence electrons. The van der Waals surface area contributed by atoms with E-state index in [1.54, 1.807) is 7.11 Å². The minimum absolute atomic E-state index is 0.352. The first-order valence-electron chi connectivity index (χ1n) is 5.82. The van der Waals surface area contributed by atoms with Crippen LogP contribution in [0.1, 0.15) is 22.0 Å². The molecule has 17 heavy (non-hydrogen) atoms. The monoisotopic (exact) mass is 245 g/mol. The highest BCUT2D eigenvalue weighted by Gasteiger charge is 2.22. The van der Waals surface area contributed by atoms with Gasteiger partial charge in [0.2, 0.25) is 0 Å². The molecule has 1 N–H and O–H groups in total. The fourth-order valence-corrected chi connectivity index (χ4v) is 3.37. The van der Waals surface area contributed by atoms with E-state index in [2.05, 4.69) is 28.9 Å². The van der Waals surface area contributed by atoms with Gasteiger partial charge in [-0.25, -0.2) is 0 Å². The van der Waals surface area contributed by atoms with Crippen molar-refractivity contribution in [1.82, 2.24) is 5.32 Å². The second-order valence-corrected chi connectivity index (χ2v) is 5.17. The average Bonchev–Trinajstić information content (AvgIpc) is 2.87. The van der Waals surface area contributed by atoms with Crippen molar-refractivity contribution < 1.29 is 4.74 Å². The SMILES string of the molecule is COc1ccc(C2NCCc3ccsc32)cc1. The first kappa shape index (κ1) is 10.8. The maximum atomic E-state index is 5.19.